The molecule has 0 aromatic heterocycles. The van der Waals surface area contributed by atoms with Crippen LogP contribution in [0.4, 0.5) is 4.39 Å². The van der Waals surface area contributed by atoms with Crippen LogP contribution in [0.1, 0.15) is 18.4 Å². The number of nitrogens with zero attached hydrogens (tertiary/aromatic N) is 1. The smallest absolute Gasteiger partial charge is 0.236 e. The van der Waals surface area contributed by atoms with Crippen molar-refractivity contribution in [3.8, 4) is 0 Å². The fraction of sp³-hybridized carbons (Fsp3) is 0.417. The minimum absolute atomic E-state index is 0.0906. The maximum atomic E-state index is 13.0. The van der Waals surface area contributed by atoms with Gasteiger partial charge in [-0.1, -0.05) is 33.6 Å². The van der Waals surface area contributed by atoms with Crippen LogP contribution in [0.2, 0.25) is 5.02 Å². The minimum atomic E-state index is -0.432. The van der Waals surface area contributed by atoms with Crippen molar-refractivity contribution in [2.45, 2.75) is 24.2 Å². The summed E-state index contributed by atoms with van der Waals surface area (Å²) < 4.78 is 13.0. The first-order valence-corrected chi connectivity index (χ1v) is 6.74. The Balaban J connectivity index is 2.09. The van der Waals surface area contributed by atoms with Crippen LogP contribution in [-0.2, 0) is 11.3 Å². The van der Waals surface area contributed by atoms with Gasteiger partial charge in [0, 0.05) is 13.1 Å². The maximum Gasteiger partial charge on any atom is 0.236 e. The van der Waals surface area contributed by atoms with Crippen molar-refractivity contribution in [2.24, 2.45) is 0 Å². The summed E-state index contributed by atoms with van der Waals surface area (Å²) in [5, 5.41) is 0.0994. The highest BCUT2D eigenvalue weighted by Crippen LogP contribution is 2.22. The molecule has 1 aromatic rings. The molecule has 0 saturated carbocycles. The summed E-state index contributed by atoms with van der Waals surface area (Å²) in [6, 6.07) is 4.56. The van der Waals surface area contributed by atoms with Crippen molar-refractivity contribution < 1.29 is 9.18 Å². The number of piperidine rings is 1. The number of hydrogen-bond donors (Lipinski definition) is 0. The van der Waals surface area contributed by atoms with E-state index < -0.39 is 5.82 Å². The Kier molecular flexibility index (Phi) is 4.05. The van der Waals surface area contributed by atoms with Crippen LogP contribution in [0.25, 0.3) is 0 Å². The molecule has 17 heavy (non-hydrogen) atoms. The van der Waals surface area contributed by atoms with Gasteiger partial charge in [-0.25, -0.2) is 4.39 Å². The monoisotopic (exact) mass is 319 g/mol. The second kappa shape index (κ2) is 5.36. The minimum Gasteiger partial charge on any atom is -0.337 e. The van der Waals surface area contributed by atoms with Gasteiger partial charge in [0.15, 0.2) is 0 Å². The summed E-state index contributed by atoms with van der Waals surface area (Å²) in [6.45, 7) is 1.23. The predicted molar refractivity (Wildman–Crippen MR) is 68.8 cm³/mol. The maximum absolute atomic E-state index is 13.0. The molecule has 0 bridgehead atoms. The van der Waals surface area contributed by atoms with Gasteiger partial charge < -0.3 is 4.90 Å². The molecule has 2 nitrogen and oxygen atoms in total. The molecule has 0 N–H and O–H groups in total. The van der Waals surface area contributed by atoms with Gasteiger partial charge >= 0.3 is 0 Å². The number of rotatable bonds is 2. The standard InChI is InChI=1S/C12H12BrClFNO/c13-9-2-1-5-16(12(9)17)7-8-3-4-11(15)10(14)6-8/h3-4,6,9H,1-2,5,7H2. The highest BCUT2D eigenvalue weighted by Gasteiger charge is 2.26. The lowest BCUT2D eigenvalue weighted by molar-refractivity contribution is -0.133. The summed E-state index contributed by atoms with van der Waals surface area (Å²) in [5.41, 5.74) is 0.853. The molecule has 1 fully saturated rings. The van der Waals surface area contributed by atoms with E-state index in [1.807, 2.05) is 0 Å². The van der Waals surface area contributed by atoms with Gasteiger partial charge in [0.2, 0.25) is 5.91 Å². The third-order valence-corrected chi connectivity index (χ3v) is 3.96. The molecule has 2 rings (SSSR count). The van der Waals surface area contributed by atoms with Crippen LogP contribution in [0.5, 0.6) is 0 Å². The topological polar surface area (TPSA) is 20.3 Å². The van der Waals surface area contributed by atoms with Crippen LogP contribution >= 0.6 is 27.5 Å². The second-order valence-corrected chi connectivity index (χ2v) is 5.63. The number of carbonyl (C=O) groups excluding carboxylic acids is 1. The lowest BCUT2D eigenvalue weighted by Gasteiger charge is -2.29. The zero-order chi connectivity index (χ0) is 12.4. The van der Waals surface area contributed by atoms with Crippen molar-refractivity contribution in [1.82, 2.24) is 4.90 Å². The second-order valence-electron chi connectivity index (χ2n) is 4.12. The SMILES string of the molecule is O=C1C(Br)CCCN1Cc1ccc(F)c(Cl)c1. The summed E-state index contributed by atoms with van der Waals surface area (Å²) in [4.78, 5) is 13.5. The number of halogens is 3. The fourth-order valence-electron chi connectivity index (χ4n) is 1.91. The van der Waals surface area contributed by atoms with Gasteiger partial charge in [-0.3, -0.25) is 4.79 Å². The fourth-order valence-corrected chi connectivity index (χ4v) is 2.72. The van der Waals surface area contributed by atoms with Crippen LogP contribution < -0.4 is 0 Å². The molecule has 1 aliphatic heterocycles. The Hall–Kier alpha value is -0.610. The number of alkyl halides is 1. The van der Waals surface area contributed by atoms with E-state index in [4.69, 9.17) is 11.6 Å². The number of hydrogen-bond acceptors (Lipinski definition) is 1. The van der Waals surface area contributed by atoms with E-state index >= 15 is 0 Å². The van der Waals surface area contributed by atoms with E-state index in [2.05, 4.69) is 15.9 Å². The average molecular weight is 321 g/mol. The van der Waals surface area contributed by atoms with Gasteiger partial charge in [0.25, 0.3) is 0 Å². The van der Waals surface area contributed by atoms with Crippen molar-refractivity contribution >= 4 is 33.4 Å². The summed E-state index contributed by atoms with van der Waals surface area (Å²) in [7, 11) is 0. The molecular formula is C12H12BrClFNO. The first kappa shape index (κ1) is 12.8. The molecule has 92 valence electrons. The zero-order valence-corrected chi connectivity index (χ0v) is 11.5. The third-order valence-electron chi connectivity index (χ3n) is 2.82. The quantitative estimate of drug-likeness (QED) is 0.765. The number of amides is 1. The largest absolute Gasteiger partial charge is 0.337 e. The van der Waals surface area contributed by atoms with Crippen LogP contribution in [-0.4, -0.2) is 22.2 Å². The number of likely N-dealkylation sites (tertiary alicyclic amines) is 1. The molecule has 1 aliphatic rings. The zero-order valence-electron chi connectivity index (χ0n) is 9.13. The van der Waals surface area contributed by atoms with Crippen LogP contribution in [0, 0.1) is 5.82 Å². The molecule has 0 spiro atoms. The van der Waals surface area contributed by atoms with Gasteiger partial charge in [0.05, 0.1) is 9.85 Å². The van der Waals surface area contributed by atoms with Gasteiger partial charge in [-0.15, -0.1) is 0 Å². The third kappa shape index (κ3) is 2.99. The molecule has 1 aromatic carbocycles. The highest BCUT2D eigenvalue weighted by atomic mass is 79.9. The number of benzene rings is 1. The Morgan fingerprint density at radius 1 is 1.53 bits per heavy atom. The van der Waals surface area contributed by atoms with Gasteiger partial charge in [-0.05, 0) is 30.5 Å². The van der Waals surface area contributed by atoms with Crippen molar-refractivity contribution in [1.29, 1.82) is 0 Å². The van der Waals surface area contributed by atoms with Gasteiger partial charge in [0.1, 0.15) is 5.82 Å². The normalized spacial score (nSPS) is 20.8. The van der Waals surface area contributed by atoms with Crippen LogP contribution in [0.3, 0.4) is 0 Å². The lowest BCUT2D eigenvalue weighted by Crippen LogP contribution is -2.41. The van der Waals surface area contributed by atoms with E-state index in [0.29, 0.717) is 6.54 Å². The average Bonchev–Trinajstić information content (AvgIpc) is 2.30. The summed E-state index contributed by atoms with van der Waals surface area (Å²) in [6.07, 6.45) is 1.86. The highest BCUT2D eigenvalue weighted by molar-refractivity contribution is 9.10. The van der Waals surface area contributed by atoms with E-state index in [0.717, 1.165) is 24.9 Å². The van der Waals surface area contributed by atoms with E-state index in [-0.39, 0.29) is 15.8 Å². The first-order chi connectivity index (χ1) is 8.08. The Labute approximate surface area is 113 Å². The molecule has 1 unspecified atom stereocenters. The molecule has 0 aliphatic carbocycles. The van der Waals surface area contributed by atoms with E-state index in [1.54, 1.807) is 17.0 Å². The van der Waals surface area contributed by atoms with Crippen molar-refractivity contribution in [3.63, 3.8) is 0 Å². The lowest BCUT2D eigenvalue weighted by atomic mass is 10.1. The molecule has 0 radical (unpaired) electrons. The summed E-state index contributed by atoms with van der Waals surface area (Å²) >= 11 is 9.07. The molecule has 1 saturated heterocycles. The first-order valence-electron chi connectivity index (χ1n) is 5.44. The Morgan fingerprint density at radius 2 is 2.29 bits per heavy atom. The van der Waals surface area contributed by atoms with Gasteiger partial charge in [-0.2, -0.15) is 0 Å². The van der Waals surface area contributed by atoms with E-state index in [1.165, 1.54) is 6.07 Å². The van der Waals surface area contributed by atoms with Crippen molar-refractivity contribution in [3.05, 3.63) is 34.6 Å². The molecule has 1 heterocycles. The predicted octanol–water partition coefficient (Wildman–Crippen LogP) is 3.37. The Bertz CT molecular complexity index is 441. The molecule has 5 heteroatoms. The summed E-state index contributed by atoms with van der Waals surface area (Å²) in [5.74, 6) is -0.338. The molecular weight excluding hydrogens is 308 g/mol. The van der Waals surface area contributed by atoms with Crippen LogP contribution in [0.15, 0.2) is 18.2 Å². The molecule has 1 amide bonds. The molecule has 1 atom stereocenters. The van der Waals surface area contributed by atoms with Crippen molar-refractivity contribution in [2.75, 3.05) is 6.54 Å². The van der Waals surface area contributed by atoms with E-state index in [9.17, 15) is 9.18 Å². The number of carbonyl (C=O) groups is 1. The Morgan fingerprint density at radius 3 is 3.00 bits per heavy atom.